The third kappa shape index (κ3) is 6.29. The number of rotatable bonds is 8. The van der Waals surface area contributed by atoms with Gasteiger partial charge in [-0.15, -0.1) is 24.0 Å². The lowest BCUT2D eigenvalue weighted by Crippen LogP contribution is -2.32. The molecule has 0 radical (unpaired) electrons. The SMILES string of the molecule is COc1ccc(CN=C(N)NCCCC2CC2)cc1OC.I. The molecule has 0 aliphatic heterocycles. The predicted molar refractivity (Wildman–Crippen MR) is 100 cm³/mol. The highest BCUT2D eigenvalue weighted by atomic mass is 127. The van der Waals surface area contributed by atoms with Gasteiger partial charge in [0.1, 0.15) is 0 Å². The molecular formula is C16H26IN3O2. The van der Waals surface area contributed by atoms with Crippen molar-refractivity contribution in [1.29, 1.82) is 0 Å². The fourth-order valence-electron chi connectivity index (χ4n) is 2.23. The fraction of sp³-hybridized carbons (Fsp3) is 0.562. The Bertz CT molecular complexity index is 490. The first-order valence-electron chi connectivity index (χ1n) is 7.47. The van der Waals surface area contributed by atoms with Crippen LogP contribution in [0, 0.1) is 5.92 Å². The number of nitrogens with two attached hydrogens (primary N) is 1. The van der Waals surface area contributed by atoms with Crippen molar-refractivity contribution in [3.8, 4) is 11.5 Å². The van der Waals surface area contributed by atoms with Crippen molar-refractivity contribution in [3.05, 3.63) is 23.8 Å². The third-order valence-corrected chi connectivity index (χ3v) is 3.67. The van der Waals surface area contributed by atoms with Crippen LogP contribution in [0.1, 0.15) is 31.2 Å². The van der Waals surface area contributed by atoms with E-state index in [0.717, 1.165) is 30.2 Å². The lowest BCUT2D eigenvalue weighted by molar-refractivity contribution is 0.354. The van der Waals surface area contributed by atoms with E-state index in [0.29, 0.717) is 18.3 Å². The Morgan fingerprint density at radius 1 is 1.27 bits per heavy atom. The van der Waals surface area contributed by atoms with Crippen molar-refractivity contribution < 1.29 is 9.47 Å². The minimum Gasteiger partial charge on any atom is -0.493 e. The zero-order chi connectivity index (χ0) is 15.1. The van der Waals surface area contributed by atoms with Gasteiger partial charge in [-0.2, -0.15) is 0 Å². The molecule has 1 aliphatic carbocycles. The summed E-state index contributed by atoms with van der Waals surface area (Å²) in [5, 5.41) is 3.16. The molecule has 3 N–H and O–H groups in total. The quantitative estimate of drug-likeness (QED) is 0.294. The van der Waals surface area contributed by atoms with Crippen molar-refractivity contribution in [1.82, 2.24) is 5.32 Å². The average molecular weight is 419 g/mol. The Kier molecular flexibility index (Phi) is 8.37. The van der Waals surface area contributed by atoms with Gasteiger partial charge in [-0.1, -0.05) is 18.9 Å². The number of hydrogen-bond donors (Lipinski definition) is 2. The number of hydrogen-bond acceptors (Lipinski definition) is 3. The number of nitrogens with zero attached hydrogens (tertiary/aromatic N) is 1. The molecule has 5 nitrogen and oxygen atoms in total. The van der Waals surface area contributed by atoms with Crippen molar-refractivity contribution in [2.75, 3.05) is 20.8 Å². The van der Waals surface area contributed by atoms with Crippen LogP contribution in [-0.4, -0.2) is 26.7 Å². The zero-order valence-corrected chi connectivity index (χ0v) is 15.6. The van der Waals surface area contributed by atoms with Crippen LogP contribution in [0.15, 0.2) is 23.2 Å². The van der Waals surface area contributed by atoms with Gasteiger partial charge in [0.15, 0.2) is 17.5 Å². The summed E-state index contributed by atoms with van der Waals surface area (Å²) in [6, 6.07) is 5.76. The third-order valence-electron chi connectivity index (χ3n) is 3.67. The van der Waals surface area contributed by atoms with E-state index in [1.165, 1.54) is 19.3 Å². The molecule has 0 spiro atoms. The highest BCUT2D eigenvalue weighted by molar-refractivity contribution is 14.0. The van der Waals surface area contributed by atoms with E-state index in [2.05, 4.69) is 10.3 Å². The maximum atomic E-state index is 5.86. The van der Waals surface area contributed by atoms with Crippen LogP contribution in [-0.2, 0) is 6.54 Å². The molecule has 1 saturated carbocycles. The van der Waals surface area contributed by atoms with Gasteiger partial charge in [0.2, 0.25) is 0 Å². The van der Waals surface area contributed by atoms with E-state index in [-0.39, 0.29) is 24.0 Å². The topological polar surface area (TPSA) is 68.9 Å². The summed E-state index contributed by atoms with van der Waals surface area (Å²) >= 11 is 0. The predicted octanol–water partition coefficient (Wildman–Crippen LogP) is 2.92. The smallest absolute Gasteiger partial charge is 0.188 e. The minimum absolute atomic E-state index is 0. The van der Waals surface area contributed by atoms with Gasteiger partial charge < -0.3 is 20.5 Å². The number of methoxy groups -OCH3 is 2. The van der Waals surface area contributed by atoms with Gasteiger partial charge in [-0.05, 0) is 36.5 Å². The van der Waals surface area contributed by atoms with Gasteiger partial charge in [0.25, 0.3) is 0 Å². The van der Waals surface area contributed by atoms with Crippen LogP contribution in [0.4, 0.5) is 0 Å². The van der Waals surface area contributed by atoms with E-state index in [1.54, 1.807) is 14.2 Å². The summed E-state index contributed by atoms with van der Waals surface area (Å²) in [5.41, 5.74) is 6.90. The second kappa shape index (κ2) is 9.76. The summed E-state index contributed by atoms with van der Waals surface area (Å²) in [7, 11) is 3.25. The fourth-order valence-corrected chi connectivity index (χ4v) is 2.23. The maximum absolute atomic E-state index is 5.86. The Morgan fingerprint density at radius 3 is 2.64 bits per heavy atom. The van der Waals surface area contributed by atoms with Crippen LogP contribution >= 0.6 is 24.0 Å². The number of benzene rings is 1. The first-order valence-corrected chi connectivity index (χ1v) is 7.47. The minimum atomic E-state index is 0. The molecule has 0 aromatic heterocycles. The second-order valence-electron chi connectivity index (χ2n) is 5.40. The Morgan fingerprint density at radius 2 is 2.00 bits per heavy atom. The highest BCUT2D eigenvalue weighted by Crippen LogP contribution is 2.33. The van der Waals surface area contributed by atoms with Gasteiger partial charge in [0, 0.05) is 6.54 Å². The molecule has 1 aliphatic rings. The molecule has 2 rings (SSSR count). The van der Waals surface area contributed by atoms with Crippen molar-refractivity contribution in [2.45, 2.75) is 32.2 Å². The van der Waals surface area contributed by atoms with E-state index in [1.807, 2.05) is 18.2 Å². The lowest BCUT2D eigenvalue weighted by Gasteiger charge is -2.09. The highest BCUT2D eigenvalue weighted by Gasteiger charge is 2.19. The summed E-state index contributed by atoms with van der Waals surface area (Å²) < 4.78 is 10.5. The van der Waals surface area contributed by atoms with E-state index >= 15 is 0 Å². The van der Waals surface area contributed by atoms with Gasteiger partial charge >= 0.3 is 0 Å². The molecule has 22 heavy (non-hydrogen) atoms. The maximum Gasteiger partial charge on any atom is 0.188 e. The lowest BCUT2D eigenvalue weighted by atomic mass is 10.2. The number of nitrogens with one attached hydrogen (secondary N) is 1. The normalized spacial score (nSPS) is 14.2. The summed E-state index contributed by atoms with van der Waals surface area (Å²) in [6.45, 7) is 1.43. The van der Waals surface area contributed by atoms with E-state index < -0.39 is 0 Å². The molecule has 0 saturated heterocycles. The van der Waals surface area contributed by atoms with Crippen LogP contribution < -0.4 is 20.5 Å². The van der Waals surface area contributed by atoms with Gasteiger partial charge in [-0.25, -0.2) is 4.99 Å². The standard InChI is InChI=1S/C16H25N3O2.HI/c1-20-14-8-7-13(10-15(14)21-2)11-19-16(17)18-9-3-4-12-5-6-12;/h7-8,10,12H,3-6,9,11H2,1-2H3,(H3,17,18,19);1H. The van der Waals surface area contributed by atoms with Crippen molar-refractivity contribution in [3.63, 3.8) is 0 Å². The van der Waals surface area contributed by atoms with Crippen LogP contribution in [0.2, 0.25) is 0 Å². The second-order valence-corrected chi connectivity index (χ2v) is 5.40. The average Bonchev–Trinajstić information content (AvgIpc) is 3.33. The van der Waals surface area contributed by atoms with Crippen LogP contribution in [0.3, 0.4) is 0 Å². The zero-order valence-electron chi connectivity index (χ0n) is 13.3. The van der Waals surface area contributed by atoms with Crippen molar-refractivity contribution in [2.24, 2.45) is 16.6 Å². The number of ether oxygens (including phenoxy) is 2. The molecule has 1 fully saturated rings. The molecule has 1 aromatic rings. The summed E-state index contributed by atoms with van der Waals surface area (Å²) in [5.74, 6) is 2.90. The molecule has 0 heterocycles. The summed E-state index contributed by atoms with van der Waals surface area (Å²) in [4.78, 5) is 4.34. The molecule has 0 amide bonds. The van der Waals surface area contributed by atoms with Crippen LogP contribution in [0.5, 0.6) is 11.5 Å². The Hall–Kier alpha value is -1.18. The number of guanidine groups is 1. The van der Waals surface area contributed by atoms with Gasteiger partial charge in [0.05, 0.1) is 20.8 Å². The molecule has 6 heteroatoms. The molecule has 0 bridgehead atoms. The molecular weight excluding hydrogens is 393 g/mol. The van der Waals surface area contributed by atoms with Gasteiger partial charge in [-0.3, -0.25) is 0 Å². The molecule has 124 valence electrons. The van der Waals surface area contributed by atoms with Crippen molar-refractivity contribution >= 4 is 29.9 Å². The summed E-state index contributed by atoms with van der Waals surface area (Å²) in [6.07, 6.45) is 5.28. The van der Waals surface area contributed by atoms with Crippen LogP contribution in [0.25, 0.3) is 0 Å². The first kappa shape index (κ1) is 18.9. The molecule has 0 unspecified atom stereocenters. The monoisotopic (exact) mass is 419 g/mol. The molecule has 1 aromatic carbocycles. The molecule has 0 atom stereocenters. The number of aliphatic imine (C=N–C) groups is 1. The number of halogens is 1. The van der Waals surface area contributed by atoms with E-state index in [9.17, 15) is 0 Å². The Labute approximate surface area is 149 Å². The first-order chi connectivity index (χ1) is 10.2. The Balaban J connectivity index is 0.00000242. The largest absolute Gasteiger partial charge is 0.493 e. The van der Waals surface area contributed by atoms with E-state index in [4.69, 9.17) is 15.2 Å².